The van der Waals surface area contributed by atoms with Crippen molar-refractivity contribution in [1.82, 2.24) is 0 Å². The summed E-state index contributed by atoms with van der Waals surface area (Å²) in [7, 11) is -4.36. The molecule has 84 valence electrons. The van der Waals surface area contributed by atoms with E-state index in [1.807, 2.05) is 32.9 Å². The smallest absolute Gasteiger partial charge is 0.195 e. The predicted octanol–water partition coefficient (Wildman–Crippen LogP) is 2.45. The van der Waals surface area contributed by atoms with Crippen LogP contribution in [0.1, 0.15) is 22.3 Å². The predicted molar refractivity (Wildman–Crippen MR) is 59.3 cm³/mol. The minimum Gasteiger partial charge on any atom is -0.195 e. The van der Waals surface area contributed by atoms with Crippen LogP contribution in [0.25, 0.3) is 0 Å². The summed E-state index contributed by atoms with van der Waals surface area (Å²) >= 11 is 0. The number of benzene rings is 1. The van der Waals surface area contributed by atoms with Gasteiger partial charge >= 0.3 is 10.2 Å². The molecule has 1 aromatic rings. The lowest BCUT2D eigenvalue weighted by Gasteiger charge is -2.08. The van der Waals surface area contributed by atoms with Crippen LogP contribution in [0.4, 0.5) is 3.89 Å². The summed E-state index contributed by atoms with van der Waals surface area (Å²) in [6.07, 6.45) is 0.242. The molecule has 2 nitrogen and oxygen atoms in total. The molecule has 0 aromatic heterocycles. The van der Waals surface area contributed by atoms with Gasteiger partial charge in [0.25, 0.3) is 0 Å². The van der Waals surface area contributed by atoms with E-state index in [0.717, 1.165) is 16.7 Å². The fourth-order valence-corrected chi connectivity index (χ4v) is 1.99. The monoisotopic (exact) mass is 230 g/mol. The highest BCUT2D eigenvalue weighted by Gasteiger charge is 2.09. The highest BCUT2D eigenvalue weighted by molar-refractivity contribution is 7.86. The first-order valence-electron chi connectivity index (χ1n) is 4.78. The van der Waals surface area contributed by atoms with E-state index in [1.54, 1.807) is 0 Å². The van der Waals surface area contributed by atoms with Crippen LogP contribution >= 0.6 is 0 Å². The van der Waals surface area contributed by atoms with Gasteiger partial charge in [-0.1, -0.05) is 12.1 Å². The maximum absolute atomic E-state index is 12.4. The lowest BCUT2D eigenvalue weighted by atomic mass is 9.99. The summed E-state index contributed by atoms with van der Waals surface area (Å²) in [5.74, 6) is -0.434. The van der Waals surface area contributed by atoms with Crippen LogP contribution in [0.3, 0.4) is 0 Å². The number of rotatable bonds is 3. The lowest BCUT2D eigenvalue weighted by Crippen LogP contribution is -2.04. The van der Waals surface area contributed by atoms with Crippen molar-refractivity contribution in [2.75, 3.05) is 5.75 Å². The van der Waals surface area contributed by atoms with Gasteiger partial charge in [-0.25, -0.2) is 0 Å². The number of aryl methyl sites for hydroxylation is 4. The minimum absolute atomic E-state index is 0.242. The molecule has 0 aliphatic heterocycles. The molecule has 4 heteroatoms. The number of hydrogen-bond donors (Lipinski definition) is 0. The largest absolute Gasteiger partial charge is 0.302 e. The minimum atomic E-state index is -4.36. The number of hydrogen-bond acceptors (Lipinski definition) is 2. The zero-order chi connectivity index (χ0) is 11.6. The lowest BCUT2D eigenvalue weighted by molar-refractivity contribution is 0.551. The first-order chi connectivity index (χ1) is 6.79. The third-order valence-corrected chi connectivity index (χ3v) is 3.26. The summed E-state index contributed by atoms with van der Waals surface area (Å²) in [6.45, 7) is 5.87. The van der Waals surface area contributed by atoms with Crippen molar-refractivity contribution in [1.29, 1.82) is 0 Å². The molecule has 1 rings (SSSR count). The Hall–Kier alpha value is -0.900. The standard InChI is InChI=1S/C11H15FO2S/c1-8-6-10(3)11(7-9(8)2)4-5-15(12,13)14/h6-7H,4-5H2,1-3H3. The van der Waals surface area contributed by atoms with Gasteiger partial charge in [0.05, 0.1) is 5.75 Å². The van der Waals surface area contributed by atoms with E-state index >= 15 is 0 Å². The molecule has 0 bridgehead atoms. The average Bonchev–Trinajstić information content (AvgIpc) is 2.07. The third kappa shape index (κ3) is 3.63. The van der Waals surface area contributed by atoms with Crippen LogP contribution < -0.4 is 0 Å². The molecule has 0 amide bonds. The fraction of sp³-hybridized carbons (Fsp3) is 0.455. The van der Waals surface area contributed by atoms with Crippen molar-refractivity contribution >= 4 is 10.2 Å². The molecular weight excluding hydrogens is 215 g/mol. The van der Waals surface area contributed by atoms with Crippen LogP contribution in [0.15, 0.2) is 12.1 Å². The summed E-state index contributed by atoms with van der Waals surface area (Å²) in [5, 5.41) is 0. The molecule has 0 aliphatic carbocycles. The first kappa shape index (κ1) is 12.2. The summed E-state index contributed by atoms with van der Waals surface area (Å²) in [4.78, 5) is 0. The molecule has 15 heavy (non-hydrogen) atoms. The molecule has 0 spiro atoms. The highest BCUT2D eigenvalue weighted by atomic mass is 32.3. The molecule has 0 fully saturated rings. The molecule has 0 saturated heterocycles. The third-order valence-electron chi connectivity index (χ3n) is 2.57. The van der Waals surface area contributed by atoms with E-state index in [-0.39, 0.29) is 6.42 Å². The SMILES string of the molecule is Cc1cc(C)c(CCS(=O)(=O)F)cc1C. The zero-order valence-corrected chi connectivity index (χ0v) is 9.99. The maximum Gasteiger partial charge on any atom is 0.302 e. The van der Waals surface area contributed by atoms with Crippen LogP contribution in [0.5, 0.6) is 0 Å². The van der Waals surface area contributed by atoms with Gasteiger partial charge in [0, 0.05) is 0 Å². The molecule has 0 saturated carbocycles. The molecule has 1 aromatic carbocycles. The van der Waals surface area contributed by atoms with Gasteiger partial charge in [-0.05, 0) is 49.4 Å². The van der Waals surface area contributed by atoms with Crippen LogP contribution in [0.2, 0.25) is 0 Å². The number of halogens is 1. The average molecular weight is 230 g/mol. The summed E-state index contributed by atoms with van der Waals surface area (Å²) < 4.78 is 33.2. The van der Waals surface area contributed by atoms with Crippen molar-refractivity contribution in [3.63, 3.8) is 0 Å². The highest BCUT2D eigenvalue weighted by Crippen LogP contribution is 2.16. The Morgan fingerprint density at radius 2 is 1.60 bits per heavy atom. The van der Waals surface area contributed by atoms with Gasteiger partial charge in [0.1, 0.15) is 0 Å². The van der Waals surface area contributed by atoms with E-state index < -0.39 is 16.0 Å². The second-order valence-corrected chi connectivity index (χ2v) is 5.34. The van der Waals surface area contributed by atoms with E-state index in [9.17, 15) is 12.3 Å². The van der Waals surface area contributed by atoms with E-state index in [1.165, 1.54) is 5.56 Å². The molecule has 0 aliphatic rings. The van der Waals surface area contributed by atoms with Gasteiger partial charge in [-0.2, -0.15) is 8.42 Å². The fourth-order valence-electron chi connectivity index (χ4n) is 1.52. The Morgan fingerprint density at radius 3 is 2.13 bits per heavy atom. The molecular formula is C11H15FO2S. The van der Waals surface area contributed by atoms with Gasteiger partial charge in [-0.15, -0.1) is 3.89 Å². The second kappa shape index (κ2) is 4.31. The molecule has 0 N–H and O–H groups in total. The van der Waals surface area contributed by atoms with Gasteiger partial charge in [0.2, 0.25) is 0 Å². The quantitative estimate of drug-likeness (QED) is 0.747. The summed E-state index contributed by atoms with van der Waals surface area (Å²) in [6, 6.07) is 3.92. The van der Waals surface area contributed by atoms with Crippen molar-refractivity contribution in [3.05, 3.63) is 34.4 Å². The Bertz CT molecular complexity index is 464. The first-order valence-corrected chi connectivity index (χ1v) is 6.34. The van der Waals surface area contributed by atoms with Crippen LogP contribution in [-0.4, -0.2) is 14.2 Å². The van der Waals surface area contributed by atoms with Crippen molar-refractivity contribution in [2.24, 2.45) is 0 Å². The Labute approximate surface area is 90.3 Å². The van der Waals surface area contributed by atoms with E-state index in [2.05, 4.69) is 0 Å². The molecule has 0 atom stereocenters. The van der Waals surface area contributed by atoms with Crippen LogP contribution in [-0.2, 0) is 16.6 Å². The molecule has 0 unspecified atom stereocenters. The Balaban J connectivity index is 2.91. The summed E-state index contributed by atoms with van der Waals surface area (Å²) in [5.41, 5.74) is 4.19. The van der Waals surface area contributed by atoms with Crippen molar-refractivity contribution in [2.45, 2.75) is 27.2 Å². The van der Waals surface area contributed by atoms with E-state index in [4.69, 9.17) is 0 Å². The maximum atomic E-state index is 12.4. The van der Waals surface area contributed by atoms with Gasteiger partial charge < -0.3 is 0 Å². The van der Waals surface area contributed by atoms with Crippen LogP contribution in [0, 0.1) is 20.8 Å². The van der Waals surface area contributed by atoms with Gasteiger partial charge in [-0.3, -0.25) is 0 Å². The van der Waals surface area contributed by atoms with Crippen molar-refractivity contribution in [3.8, 4) is 0 Å². The topological polar surface area (TPSA) is 34.1 Å². The normalized spacial score (nSPS) is 11.7. The van der Waals surface area contributed by atoms with Crippen molar-refractivity contribution < 1.29 is 12.3 Å². The van der Waals surface area contributed by atoms with E-state index in [0.29, 0.717) is 0 Å². The second-order valence-electron chi connectivity index (χ2n) is 3.86. The Morgan fingerprint density at radius 1 is 1.07 bits per heavy atom. The molecule has 0 heterocycles. The zero-order valence-electron chi connectivity index (χ0n) is 9.17. The Kier molecular flexibility index (Phi) is 3.50. The molecule has 0 radical (unpaired) electrons. The van der Waals surface area contributed by atoms with Gasteiger partial charge in [0.15, 0.2) is 0 Å².